The number of benzene rings is 1. The summed E-state index contributed by atoms with van der Waals surface area (Å²) in [7, 11) is 0. The standard InChI is InChI=1S/C28H35N7O3/c1-2-36-15-16-38-27-26(32-28-30-18-23(19-31-28)22-5-3-21(17-29)4-6-22)20-35(33-27)25-9-7-24(8-10-25)34-11-13-37-14-12-34/h3-6,18-20,24-25H,2,7-16H2,1H3,(H,30,31,32). The van der Waals surface area contributed by atoms with Gasteiger partial charge < -0.3 is 19.5 Å². The van der Waals surface area contributed by atoms with Gasteiger partial charge in [-0.05, 0) is 50.3 Å². The largest absolute Gasteiger partial charge is 0.473 e. The first-order valence-corrected chi connectivity index (χ1v) is 13.4. The van der Waals surface area contributed by atoms with E-state index in [0.717, 1.165) is 68.8 Å². The van der Waals surface area contributed by atoms with Crippen molar-refractivity contribution in [3.05, 3.63) is 48.4 Å². The minimum atomic E-state index is 0.330. The van der Waals surface area contributed by atoms with Gasteiger partial charge in [-0.15, -0.1) is 5.10 Å². The lowest BCUT2D eigenvalue weighted by atomic mass is 9.90. The quantitative estimate of drug-likeness (QED) is 0.396. The minimum absolute atomic E-state index is 0.330. The van der Waals surface area contributed by atoms with Gasteiger partial charge in [-0.3, -0.25) is 9.58 Å². The summed E-state index contributed by atoms with van der Waals surface area (Å²) in [5, 5.41) is 17.1. The molecule has 0 spiro atoms. The third-order valence-corrected chi connectivity index (χ3v) is 7.22. The third kappa shape index (κ3) is 6.48. The Kier molecular flexibility index (Phi) is 8.81. The number of morpholine rings is 1. The van der Waals surface area contributed by atoms with Crippen LogP contribution in [0.4, 0.5) is 11.6 Å². The van der Waals surface area contributed by atoms with E-state index in [1.165, 1.54) is 0 Å². The fourth-order valence-corrected chi connectivity index (χ4v) is 5.13. The van der Waals surface area contributed by atoms with E-state index < -0.39 is 0 Å². The smallest absolute Gasteiger partial charge is 0.257 e. The van der Waals surface area contributed by atoms with Gasteiger partial charge in [0.1, 0.15) is 12.3 Å². The number of nitriles is 1. The van der Waals surface area contributed by atoms with Gasteiger partial charge >= 0.3 is 0 Å². The maximum Gasteiger partial charge on any atom is 0.257 e. The van der Waals surface area contributed by atoms with Crippen molar-refractivity contribution in [3.8, 4) is 23.1 Å². The highest BCUT2D eigenvalue weighted by Crippen LogP contribution is 2.34. The molecule has 0 radical (unpaired) electrons. The van der Waals surface area contributed by atoms with Crippen molar-refractivity contribution in [3.63, 3.8) is 0 Å². The Morgan fingerprint density at radius 2 is 1.71 bits per heavy atom. The molecule has 1 saturated heterocycles. The molecule has 0 atom stereocenters. The lowest BCUT2D eigenvalue weighted by Crippen LogP contribution is -2.45. The Morgan fingerprint density at radius 3 is 2.39 bits per heavy atom. The molecule has 38 heavy (non-hydrogen) atoms. The molecule has 3 heterocycles. The Labute approximate surface area is 223 Å². The van der Waals surface area contributed by atoms with Crippen LogP contribution in [0.25, 0.3) is 11.1 Å². The number of rotatable bonds is 10. The zero-order valence-electron chi connectivity index (χ0n) is 21.9. The van der Waals surface area contributed by atoms with Gasteiger partial charge in [-0.25, -0.2) is 9.97 Å². The molecule has 0 amide bonds. The maximum atomic E-state index is 9.02. The molecule has 1 aliphatic carbocycles. The van der Waals surface area contributed by atoms with Gasteiger partial charge in [0, 0.05) is 43.7 Å². The summed E-state index contributed by atoms with van der Waals surface area (Å²) in [6, 6.07) is 10.5. The van der Waals surface area contributed by atoms with Gasteiger partial charge in [-0.1, -0.05) is 12.1 Å². The van der Waals surface area contributed by atoms with E-state index in [1.54, 1.807) is 24.5 Å². The van der Waals surface area contributed by atoms with Crippen molar-refractivity contribution in [1.82, 2.24) is 24.6 Å². The Morgan fingerprint density at radius 1 is 1.00 bits per heavy atom. The molecule has 2 aliphatic rings. The van der Waals surface area contributed by atoms with E-state index in [0.29, 0.717) is 49.3 Å². The molecule has 0 bridgehead atoms. The van der Waals surface area contributed by atoms with Crippen molar-refractivity contribution >= 4 is 11.6 Å². The molecule has 2 aromatic heterocycles. The summed E-state index contributed by atoms with van der Waals surface area (Å²) in [4.78, 5) is 11.6. The van der Waals surface area contributed by atoms with Crippen molar-refractivity contribution in [1.29, 1.82) is 5.26 Å². The first kappa shape index (κ1) is 26.1. The Hall–Kier alpha value is -3.52. The molecule has 10 nitrogen and oxygen atoms in total. The predicted molar refractivity (Wildman–Crippen MR) is 143 cm³/mol. The SMILES string of the molecule is CCOCCOc1nn(C2CCC(N3CCOCC3)CC2)cc1Nc1ncc(-c2ccc(C#N)cc2)cn1. The summed E-state index contributed by atoms with van der Waals surface area (Å²) in [6.45, 7) is 7.29. The summed E-state index contributed by atoms with van der Waals surface area (Å²) in [6.07, 6.45) is 10.0. The second kappa shape index (κ2) is 12.8. The van der Waals surface area contributed by atoms with E-state index in [9.17, 15) is 0 Å². The zero-order chi connectivity index (χ0) is 26.2. The van der Waals surface area contributed by atoms with Crippen molar-refractivity contribution in [2.75, 3.05) is 51.4 Å². The van der Waals surface area contributed by atoms with Gasteiger partial charge in [-0.2, -0.15) is 5.26 Å². The number of hydrogen-bond acceptors (Lipinski definition) is 9. The van der Waals surface area contributed by atoms with Crippen molar-refractivity contribution in [2.24, 2.45) is 0 Å². The van der Waals surface area contributed by atoms with Crippen LogP contribution in [0.5, 0.6) is 5.88 Å². The molecule has 1 N–H and O–H groups in total. The number of anilines is 2. The second-order valence-electron chi connectivity index (χ2n) is 9.59. The Bertz CT molecular complexity index is 1190. The first-order chi connectivity index (χ1) is 18.7. The van der Waals surface area contributed by atoms with Crippen LogP contribution in [0, 0.1) is 11.3 Å². The third-order valence-electron chi connectivity index (χ3n) is 7.22. The van der Waals surface area contributed by atoms with Crippen molar-refractivity contribution < 1.29 is 14.2 Å². The molecule has 1 saturated carbocycles. The minimum Gasteiger partial charge on any atom is -0.473 e. The van der Waals surface area contributed by atoms with Crippen LogP contribution in [0.15, 0.2) is 42.9 Å². The van der Waals surface area contributed by atoms with Gasteiger partial charge in [0.25, 0.3) is 5.88 Å². The molecular formula is C28H35N7O3. The topological polar surface area (TPSA) is 110 Å². The van der Waals surface area contributed by atoms with Crippen LogP contribution >= 0.6 is 0 Å². The van der Waals surface area contributed by atoms with Gasteiger partial charge in [0.2, 0.25) is 5.95 Å². The maximum absolute atomic E-state index is 9.02. The summed E-state index contributed by atoms with van der Waals surface area (Å²) in [5.74, 6) is 0.993. The van der Waals surface area contributed by atoms with E-state index in [4.69, 9.17) is 24.6 Å². The van der Waals surface area contributed by atoms with Crippen LogP contribution in [-0.2, 0) is 9.47 Å². The molecule has 1 aromatic carbocycles. The normalized spacial score (nSPS) is 20.1. The number of nitrogens with one attached hydrogen (secondary N) is 1. The fourth-order valence-electron chi connectivity index (χ4n) is 5.13. The average Bonchev–Trinajstić information content (AvgIpc) is 3.38. The predicted octanol–water partition coefficient (Wildman–Crippen LogP) is 4.19. The van der Waals surface area contributed by atoms with Gasteiger partial charge in [0.15, 0.2) is 0 Å². The summed E-state index contributed by atoms with van der Waals surface area (Å²) in [5.41, 5.74) is 3.19. The van der Waals surface area contributed by atoms with Crippen LogP contribution in [0.1, 0.15) is 44.2 Å². The highest BCUT2D eigenvalue weighted by atomic mass is 16.5. The highest BCUT2D eigenvalue weighted by Gasteiger charge is 2.29. The second-order valence-corrected chi connectivity index (χ2v) is 9.59. The number of aromatic nitrogens is 4. The molecular weight excluding hydrogens is 482 g/mol. The van der Waals surface area contributed by atoms with Crippen LogP contribution < -0.4 is 10.1 Å². The molecule has 10 heteroatoms. The molecule has 1 aliphatic heterocycles. The fraction of sp³-hybridized carbons (Fsp3) is 0.500. The molecule has 3 aromatic rings. The first-order valence-electron chi connectivity index (χ1n) is 13.4. The van der Waals surface area contributed by atoms with Crippen LogP contribution in [0.2, 0.25) is 0 Å². The Balaban J connectivity index is 1.26. The lowest BCUT2D eigenvalue weighted by Gasteiger charge is -2.38. The van der Waals surface area contributed by atoms with E-state index in [-0.39, 0.29) is 0 Å². The van der Waals surface area contributed by atoms with E-state index in [1.807, 2.05) is 29.9 Å². The number of hydrogen-bond donors (Lipinski definition) is 1. The molecule has 200 valence electrons. The lowest BCUT2D eigenvalue weighted by molar-refractivity contribution is 0.00502. The average molecular weight is 518 g/mol. The van der Waals surface area contributed by atoms with E-state index >= 15 is 0 Å². The van der Waals surface area contributed by atoms with Crippen LogP contribution in [0.3, 0.4) is 0 Å². The van der Waals surface area contributed by atoms with Crippen LogP contribution in [-0.4, -0.2) is 76.8 Å². The number of nitrogens with zero attached hydrogens (tertiary/aromatic N) is 6. The molecule has 5 rings (SSSR count). The molecule has 0 unspecified atom stereocenters. The van der Waals surface area contributed by atoms with Crippen molar-refractivity contribution in [2.45, 2.75) is 44.7 Å². The van der Waals surface area contributed by atoms with Gasteiger partial charge in [0.05, 0.1) is 43.7 Å². The molecule has 2 fully saturated rings. The number of ether oxygens (including phenoxy) is 3. The summed E-state index contributed by atoms with van der Waals surface area (Å²) < 4.78 is 19.0. The highest BCUT2D eigenvalue weighted by molar-refractivity contribution is 5.64. The van der Waals surface area contributed by atoms with E-state index in [2.05, 4.69) is 26.3 Å². The zero-order valence-corrected chi connectivity index (χ0v) is 21.9. The summed E-state index contributed by atoms with van der Waals surface area (Å²) >= 11 is 0. The monoisotopic (exact) mass is 517 g/mol.